The zero-order valence-corrected chi connectivity index (χ0v) is 9.38. The number of nitrogens with one attached hydrogen (secondary N) is 1. The first kappa shape index (κ1) is 11.2. The van der Waals surface area contributed by atoms with Gasteiger partial charge in [-0.05, 0) is 19.8 Å². The Bertz CT molecular complexity index is 278. The molecule has 4 heteroatoms. The molecule has 1 aromatic heterocycles. The lowest BCUT2D eigenvalue weighted by atomic mass is 10.2. The molecule has 1 rings (SSSR count). The highest BCUT2D eigenvalue weighted by atomic mass is 35.5. The smallest absolute Gasteiger partial charge is 0.147 e. The standard InChI is InChI=1S/C10H16ClN3/c1-3-9(4-5-11)14-10-8(2)12-6-7-13-10/h6-7,9H,3-5H2,1-2H3,(H,13,14). The van der Waals surface area contributed by atoms with E-state index in [1.54, 1.807) is 12.4 Å². The highest BCUT2D eigenvalue weighted by Crippen LogP contribution is 2.11. The van der Waals surface area contributed by atoms with E-state index >= 15 is 0 Å². The molecule has 0 saturated carbocycles. The van der Waals surface area contributed by atoms with Crippen molar-refractivity contribution in [2.24, 2.45) is 0 Å². The maximum Gasteiger partial charge on any atom is 0.147 e. The van der Waals surface area contributed by atoms with Crippen LogP contribution in [0.3, 0.4) is 0 Å². The Morgan fingerprint density at radius 1 is 1.43 bits per heavy atom. The van der Waals surface area contributed by atoms with Crippen LogP contribution in [0.5, 0.6) is 0 Å². The van der Waals surface area contributed by atoms with Crippen LogP contribution in [0.4, 0.5) is 5.82 Å². The van der Waals surface area contributed by atoms with Crippen molar-refractivity contribution in [3.05, 3.63) is 18.1 Å². The molecule has 0 saturated heterocycles. The van der Waals surface area contributed by atoms with Crippen LogP contribution < -0.4 is 5.32 Å². The van der Waals surface area contributed by atoms with Crippen LogP contribution in [0.15, 0.2) is 12.4 Å². The number of nitrogens with zero attached hydrogens (tertiary/aromatic N) is 2. The molecule has 0 fully saturated rings. The van der Waals surface area contributed by atoms with Gasteiger partial charge in [-0.15, -0.1) is 11.6 Å². The molecule has 1 atom stereocenters. The predicted molar refractivity (Wildman–Crippen MR) is 59.8 cm³/mol. The van der Waals surface area contributed by atoms with E-state index in [1.807, 2.05) is 6.92 Å². The second-order valence-corrected chi connectivity index (χ2v) is 3.60. The molecule has 1 aromatic rings. The van der Waals surface area contributed by atoms with Crippen molar-refractivity contribution in [2.45, 2.75) is 32.7 Å². The van der Waals surface area contributed by atoms with Crippen molar-refractivity contribution >= 4 is 17.4 Å². The summed E-state index contributed by atoms with van der Waals surface area (Å²) in [5, 5.41) is 3.34. The Hall–Kier alpha value is -0.830. The third-order valence-corrected chi connectivity index (χ3v) is 2.39. The number of aromatic nitrogens is 2. The fourth-order valence-electron chi connectivity index (χ4n) is 1.25. The summed E-state index contributed by atoms with van der Waals surface area (Å²) in [7, 11) is 0. The van der Waals surface area contributed by atoms with E-state index in [0.717, 1.165) is 24.4 Å². The van der Waals surface area contributed by atoms with E-state index in [0.29, 0.717) is 11.9 Å². The molecule has 0 aliphatic carbocycles. The van der Waals surface area contributed by atoms with Crippen molar-refractivity contribution in [3.63, 3.8) is 0 Å². The summed E-state index contributed by atoms with van der Waals surface area (Å²) < 4.78 is 0. The predicted octanol–water partition coefficient (Wildman–Crippen LogP) is 2.60. The molecule has 14 heavy (non-hydrogen) atoms. The molecule has 1 heterocycles. The molecule has 1 N–H and O–H groups in total. The van der Waals surface area contributed by atoms with Gasteiger partial charge in [-0.25, -0.2) is 4.98 Å². The molecule has 0 aliphatic rings. The number of halogens is 1. The van der Waals surface area contributed by atoms with Gasteiger partial charge in [-0.3, -0.25) is 4.98 Å². The average molecular weight is 214 g/mol. The summed E-state index contributed by atoms with van der Waals surface area (Å²) in [4.78, 5) is 8.40. The maximum absolute atomic E-state index is 5.71. The zero-order chi connectivity index (χ0) is 10.4. The Kier molecular flexibility index (Phi) is 4.66. The third-order valence-electron chi connectivity index (χ3n) is 2.17. The summed E-state index contributed by atoms with van der Waals surface area (Å²) in [5.41, 5.74) is 0.931. The normalized spacial score (nSPS) is 12.5. The van der Waals surface area contributed by atoms with Crippen LogP contribution in [-0.4, -0.2) is 21.9 Å². The average Bonchev–Trinajstić information content (AvgIpc) is 2.20. The number of hydrogen-bond acceptors (Lipinski definition) is 3. The lowest BCUT2D eigenvalue weighted by Crippen LogP contribution is -2.20. The van der Waals surface area contributed by atoms with E-state index in [4.69, 9.17) is 11.6 Å². The first-order valence-corrected chi connectivity index (χ1v) is 5.41. The largest absolute Gasteiger partial charge is 0.366 e. The molecular weight excluding hydrogens is 198 g/mol. The van der Waals surface area contributed by atoms with Crippen LogP contribution in [0.25, 0.3) is 0 Å². The Morgan fingerprint density at radius 3 is 2.71 bits per heavy atom. The minimum atomic E-state index is 0.392. The number of rotatable bonds is 5. The van der Waals surface area contributed by atoms with Gasteiger partial charge in [-0.2, -0.15) is 0 Å². The van der Waals surface area contributed by atoms with Gasteiger partial charge < -0.3 is 5.32 Å². The third kappa shape index (κ3) is 3.14. The number of anilines is 1. The van der Waals surface area contributed by atoms with E-state index in [2.05, 4.69) is 22.2 Å². The van der Waals surface area contributed by atoms with E-state index < -0.39 is 0 Å². The highest BCUT2D eigenvalue weighted by Gasteiger charge is 2.07. The molecule has 0 amide bonds. The molecule has 0 aliphatic heterocycles. The summed E-state index contributed by atoms with van der Waals surface area (Å²) in [6.45, 7) is 4.08. The summed E-state index contributed by atoms with van der Waals surface area (Å²) in [6.07, 6.45) is 5.39. The van der Waals surface area contributed by atoms with Crippen molar-refractivity contribution in [1.82, 2.24) is 9.97 Å². The quantitative estimate of drug-likeness (QED) is 0.765. The SMILES string of the molecule is CCC(CCCl)Nc1nccnc1C. The van der Waals surface area contributed by atoms with Gasteiger partial charge in [0.1, 0.15) is 5.82 Å². The summed E-state index contributed by atoms with van der Waals surface area (Å²) in [5.74, 6) is 1.54. The molecule has 3 nitrogen and oxygen atoms in total. The van der Waals surface area contributed by atoms with Crippen LogP contribution in [0.2, 0.25) is 0 Å². The van der Waals surface area contributed by atoms with E-state index in [1.165, 1.54) is 0 Å². The Labute approximate surface area is 89.9 Å². The lowest BCUT2D eigenvalue weighted by Gasteiger charge is -2.16. The fraction of sp³-hybridized carbons (Fsp3) is 0.600. The van der Waals surface area contributed by atoms with Crippen LogP contribution in [-0.2, 0) is 0 Å². The zero-order valence-electron chi connectivity index (χ0n) is 8.63. The number of alkyl halides is 1. The number of aryl methyl sites for hydroxylation is 1. The van der Waals surface area contributed by atoms with Crippen molar-refractivity contribution < 1.29 is 0 Å². The van der Waals surface area contributed by atoms with Gasteiger partial charge >= 0.3 is 0 Å². The molecule has 0 radical (unpaired) electrons. The first-order chi connectivity index (χ1) is 6.77. The Balaban J connectivity index is 2.62. The molecular formula is C10H16ClN3. The lowest BCUT2D eigenvalue weighted by molar-refractivity contribution is 0.670. The van der Waals surface area contributed by atoms with Crippen molar-refractivity contribution in [3.8, 4) is 0 Å². The second-order valence-electron chi connectivity index (χ2n) is 3.22. The van der Waals surface area contributed by atoms with Crippen LogP contribution >= 0.6 is 11.6 Å². The van der Waals surface area contributed by atoms with Crippen molar-refractivity contribution in [2.75, 3.05) is 11.2 Å². The maximum atomic E-state index is 5.71. The molecule has 78 valence electrons. The monoisotopic (exact) mass is 213 g/mol. The molecule has 0 aromatic carbocycles. The van der Waals surface area contributed by atoms with Crippen molar-refractivity contribution in [1.29, 1.82) is 0 Å². The minimum Gasteiger partial charge on any atom is -0.366 e. The van der Waals surface area contributed by atoms with E-state index in [9.17, 15) is 0 Å². The van der Waals surface area contributed by atoms with E-state index in [-0.39, 0.29) is 0 Å². The van der Waals surface area contributed by atoms with Gasteiger partial charge in [0.05, 0.1) is 5.69 Å². The van der Waals surface area contributed by atoms with Crippen LogP contribution in [0, 0.1) is 6.92 Å². The summed E-state index contributed by atoms with van der Waals surface area (Å²) in [6, 6.07) is 0.392. The Morgan fingerprint density at radius 2 is 2.14 bits per heavy atom. The van der Waals surface area contributed by atoms with Crippen LogP contribution in [0.1, 0.15) is 25.5 Å². The first-order valence-electron chi connectivity index (χ1n) is 4.88. The highest BCUT2D eigenvalue weighted by molar-refractivity contribution is 6.17. The van der Waals surface area contributed by atoms with Gasteiger partial charge in [0.2, 0.25) is 0 Å². The molecule has 0 spiro atoms. The molecule has 0 bridgehead atoms. The minimum absolute atomic E-state index is 0.392. The van der Waals surface area contributed by atoms with Gasteiger partial charge in [0, 0.05) is 24.3 Å². The van der Waals surface area contributed by atoms with Gasteiger partial charge in [0.25, 0.3) is 0 Å². The molecule has 1 unspecified atom stereocenters. The fourth-order valence-corrected chi connectivity index (χ4v) is 1.52. The topological polar surface area (TPSA) is 37.8 Å². The van der Waals surface area contributed by atoms with Gasteiger partial charge in [-0.1, -0.05) is 6.92 Å². The summed E-state index contributed by atoms with van der Waals surface area (Å²) >= 11 is 5.71. The second kappa shape index (κ2) is 5.81. The number of hydrogen-bond donors (Lipinski definition) is 1. The van der Waals surface area contributed by atoms with Gasteiger partial charge in [0.15, 0.2) is 0 Å².